The van der Waals surface area contributed by atoms with Gasteiger partial charge in [0, 0.05) is 24.4 Å². The summed E-state index contributed by atoms with van der Waals surface area (Å²) in [5.74, 6) is -1.02. The summed E-state index contributed by atoms with van der Waals surface area (Å²) in [6.07, 6.45) is 1.61. The summed E-state index contributed by atoms with van der Waals surface area (Å²) in [6, 6.07) is 4.03. The lowest BCUT2D eigenvalue weighted by Crippen LogP contribution is -2.36. The van der Waals surface area contributed by atoms with Crippen LogP contribution < -0.4 is 10.6 Å². The summed E-state index contributed by atoms with van der Waals surface area (Å²) in [5.41, 5.74) is 0.992. The van der Waals surface area contributed by atoms with E-state index < -0.39 is 11.7 Å². The molecule has 0 fully saturated rings. The number of amides is 2. The molecule has 120 valence electrons. The molecule has 1 aliphatic rings. The SMILES string of the molecule is O=C1C[C@H](C(=O)NCCSc2cn[nH]n2)c2cc(F)ccc2N1. The van der Waals surface area contributed by atoms with Crippen LogP contribution in [-0.2, 0) is 9.59 Å². The van der Waals surface area contributed by atoms with Crippen LogP contribution in [0.5, 0.6) is 0 Å². The summed E-state index contributed by atoms with van der Waals surface area (Å²) in [6.45, 7) is 0.416. The molecule has 0 radical (unpaired) electrons. The summed E-state index contributed by atoms with van der Waals surface area (Å²) in [5, 5.41) is 16.2. The van der Waals surface area contributed by atoms with Crippen molar-refractivity contribution in [3.63, 3.8) is 0 Å². The fourth-order valence-corrected chi connectivity index (χ4v) is 3.03. The van der Waals surface area contributed by atoms with Gasteiger partial charge in [0.05, 0.1) is 12.1 Å². The zero-order valence-electron chi connectivity index (χ0n) is 12.0. The van der Waals surface area contributed by atoms with Crippen LogP contribution in [0, 0.1) is 5.82 Å². The fraction of sp³-hybridized carbons (Fsp3) is 0.286. The fourth-order valence-electron chi connectivity index (χ4n) is 2.38. The molecule has 2 amide bonds. The zero-order chi connectivity index (χ0) is 16.2. The Balaban J connectivity index is 1.61. The van der Waals surface area contributed by atoms with Gasteiger partial charge < -0.3 is 10.6 Å². The third-order valence-electron chi connectivity index (χ3n) is 3.41. The Morgan fingerprint density at radius 1 is 1.48 bits per heavy atom. The maximum atomic E-state index is 13.4. The number of anilines is 1. The molecule has 0 unspecified atom stereocenters. The first-order valence-corrected chi connectivity index (χ1v) is 7.97. The Labute approximate surface area is 135 Å². The Hall–Kier alpha value is -2.42. The van der Waals surface area contributed by atoms with E-state index in [9.17, 15) is 14.0 Å². The highest BCUT2D eigenvalue weighted by atomic mass is 32.2. The van der Waals surface area contributed by atoms with E-state index in [0.29, 0.717) is 23.5 Å². The van der Waals surface area contributed by atoms with Gasteiger partial charge in [-0.3, -0.25) is 9.59 Å². The van der Waals surface area contributed by atoms with Crippen LogP contribution in [0.25, 0.3) is 0 Å². The quantitative estimate of drug-likeness (QED) is 0.564. The third-order valence-corrected chi connectivity index (χ3v) is 4.31. The van der Waals surface area contributed by atoms with E-state index in [-0.39, 0.29) is 18.2 Å². The minimum absolute atomic E-state index is 0.0126. The van der Waals surface area contributed by atoms with Crippen molar-refractivity contribution < 1.29 is 14.0 Å². The average molecular weight is 335 g/mol. The standard InChI is InChI=1S/C14H14FN5O2S/c15-8-1-2-11-9(5-8)10(6-12(21)18-11)14(22)16-3-4-23-13-7-17-20-19-13/h1-2,5,7,10H,3-4,6H2,(H,16,22)(H,18,21)(H,17,19,20)/t10-/m0/s1. The molecule has 0 aliphatic carbocycles. The molecule has 0 saturated heterocycles. The van der Waals surface area contributed by atoms with Crippen molar-refractivity contribution in [2.45, 2.75) is 17.4 Å². The van der Waals surface area contributed by atoms with Gasteiger partial charge in [0.25, 0.3) is 0 Å². The van der Waals surface area contributed by atoms with Crippen LogP contribution in [0.1, 0.15) is 17.9 Å². The number of fused-ring (bicyclic) bond motifs is 1. The molecule has 7 nitrogen and oxygen atoms in total. The molecule has 1 aromatic heterocycles. The molecule has 23 heavy (non-hydrogen) atoms. The third kappa shape index (κ3) is 3.67. The Morgan fingerprint density at radius 3 is 3.13 bits per heavy atom. The van der Waals surface area contributed by atoms with Gasteiger partial charge in [0.2, 0.25) is 11.8 Å². The number of rotatable bonds is 5. The number of carbonyl (C=O) groups excluding carboxylic acids is 2. The second-order valence-electron chi connectivity index (χ2n) is 4.98. The minimum atomic E-state index is -0.675. The number of benzene rings is 1. The normalized spacial score (nSPS) is 16.6. The van der Waals surface area contributed by atoms with Crippen LogP contribution in [0.2, 0.25) is 0 Å². The molecule has 2 heterocycles. The second-order valence-corrected chi connectivity index (χ2v) is 6.10. The molecule has 3 N–H and O–H groups in total. The van der Waals surface area contributed by atoms with Gasteiger partial charge in [0.1, 0.15) is 10.8 Å². The first-order valence-electron chi connectivity index (χ1n) is 6.99. The largest absolute Gasteiger partial charge is 0.355 e. The lowest BCUT2D eigenvalue weighted by atomic mass is 9.89. The van der Waals surface area contributed by atoms with E-state index in [1.807, 2.05) is 0 Å². The first-order chi connectivity index (χ1) is 11.1. The molecule has 1 aliphatic heterocycles. The predicted molar refractivity (Wildman–Crippen MR) is 82.5 cm³/mol. The highest BCUT2D eigenvalue weighted by molar-refractivity contribution is 7.99. The number of aromatic nitrogens is 3. The van der Waals surface area contributed by atoms with Crippen molar-refractivity contribution in [3.05, 3.63) is 35.8 Å². The highest BCUT2D eigenvalue weighted by Gasteiger charge is 2.30. The van der Waals surface area contributed by atoms with Crippen LogP contribution in [0.4, 0.5) is 10.1 Å². The Bertz CT molecular complexity index is 722. The number of nitrogens with one attached hydrogen (secondary N) is 3. The number of thioether (sulfide) groups is 1. The van der Waals surface area contributed by atoms with Crippen molar-refractivity contribution in [2.75, 3.05) is 17.6 Å². The average Bonchev–Trinajstić information content (AvgIpc) is 3.04. The molecule has 9 heteroatoms. The summed E-state index contributed by atoms with van der Waals surface area (Å²) < 4.78 is 13.4. The van der Waals surface area contributed by atoms with E-state index in [4.69, 9.17) is 0 Å². The van der Waals surface area contributed by atoms with Gasteiger partial charge in [-0.15, -0.1) is 16.9 Å². The van der Waals surface area contributed by atoms with Gasteiger partial charge in [-0.25, -0.2) is 4.39 Å². The van der Waals surface area contributed by atoms with Crippen molar-refractivity contribution in [1.82, 2.24) is 20.7 Å². The Kier molecular flexibility index (Phi) is 4.56. The van der Waals surface area contributed by atoms with Crippen molar-refractivity contribution in [1.29, 1.82) is 0 Å². The lowest BCUT2D eigenvalue weighted by Gasteiger charge is -2.24. The highest BCUT2D eigenvalue weighted by Crippen LogP contribution is 2.32. The van der Waals surface area contributed by atoms with Crippen molar-refractivity contribution in [2.24, 2.45) is 0 Å². The number of aromatic amines is 1. The molecule has 0 saturated carbocycles. The van der Waals surface area contributed by atoms with E-state index in [1.54, 1.807) is 6.20 Å². The number of H-pyrrole nitrogens is 1. The molecule has 1 aromatic carbocycles. The van der Waals surface area contributed by atoms with Crippen LogP contribution in [-0.4, -0.2) is 39.5 Å². The number of carbonyl (C=O) groups is 2. The zero-order valence-corrected chi connectivity index (χ0v) is 12.8. The molecule has 2 aromatic rings. The van der Waals surface area contributed by atoms with Gasteiger partial charge in [-0.1, -0.05) is 0 Å². The van der Waals surface area contributed by atoms with E-state index in [2.05, 4.69) is 26.0 Å². The number of nitrogens with zero attached hydrogens (tertiary/aromatic N) is 2. The smallest absolute Gasteiger partial charge is 0.228 e. The van der Waals surface area contributed by atoms with Gasteiger partial charge >= 0.3 is 0 Å². The molecule has 0 bridgehead atoms. The monoisotopic (exact) mass is 335 g/mol. The lowest BCUT2D eigenvalue weighted by molar-refractivity contribution is -0.126. The molecule has 3 rings (SSSR count). The molecule has 0 spiro atoms. The maximum Gasteiger partial charge on any atom is 0.228 e. The predicted octanol–water partition coefficient (Wildman–Crippen LogP) is 1.28. The van der Waals surface area contributed by atoms with E-state index in [0.717, 1.165) is 5.03 Å². The van der Waals surface area contributed by atoms with Gasteiger partial charge in [-0.2, -0.15) is 10.3 Å². The summed E-state index contributed by atoms with van der Waals surface area (Å²) in [4.78, 5) is 24.0. The van der Waals surface area contributed by atoms with Gasteiger partial charge in [-0.05, 0) is 23.8 Å². The maximum absolute atomic E-state index is 13.4. The van der Waals surface area contributed by atoms with Crippen molar-refractivity contribution >= 4 is 29.3 Å². The molecular formula is C14H14FN5O2S. The van der Waals surface area contributed by atoms with E-state index in [1.165, 1.54) is 30.0 Å². The topological polar surface area (TPSA) is 99.8 Å². The number of halogens is 1. The number of hydrogen-bond donors (Lipinski definition) is 3. The first kappa shape index (κ1) is 15.5. The van der Waals surface area contributed by atoms with Crippen LogP contribution >= 0.6 is 11.8 Å². The second kappa shape index (κ2) is 6.78. The van der Waals surface area contributed by atoms with Crippen molar-refractivity contribution in [3.8, 4) is 0 Å². The Morgan fingerprint density at radius 2 is 2.35 bits per heavy atom. The van der Waals surface area contributed by atoms with E-state index >= 15 is 0 Å². The van der Waals surface area contributed by atoms with Crippen LogP contribution in [0.15, 0.2) is 29.4 Å². The number of hydrogen-bond acceptors (Lipinski definition) is 5. The summed E-state index contributed by atoms with van der Waals surface area (Å²) >= 11 is 1.45. The minimum Gasteiger partial charge on any atom is -0.355 e. The van der Waals surface area contributed by atoms with Gasteiger partial charge in [0.15, 0.2) is 0 Å². The summed E-state index contributed by atoms with van der Waals surface area (Å²) in [7, 11) is 0. The molecule has 1 atom stereocenters. The van der Waals surface area contributed by atoms with Crippen LogP contribution in [0.3, 0.4) is 0 Å². The molecular weight excluding hydrogens is 321 g/mol.